The Labute approximate surface area is 100 Å². The van der Waals surface area contributed by atoms with Crippen molar-refractivity contribution < 1.29 is 4.79 Å². The van der Waals surface area contributed by atoms with Gasteiger partial charge in [0.25, 0.3) is 0 Å². The fraction of sp³-hybridized carbons (Fsp3) is 0.583. The molecule has 1 N–H and O–H groups in total. The molecule has 1 heterocycles. The third-order valence-corrected chi connectivity index (χ3v) is 4.10. The van der Waals surface area contributed by atoms with Crippen LogP contribution < -0.4 is 5.32 Å². The zero-order valence-corrected chi connectivity index (χ0v) is 10.6. The van der Waals surface area contributed by atoms with Crippen molar-refractivity contribution in [2.45, 2.75) is 18.3 Å². The van der Waals surface area contributed by atoms with E-state index >= 15 is 0 Å². The molecule has 3 nitrogen and oxygen atoms in total. The monoisotopic (exact) mass is 238 g/mol. The SMILES string of the molecule is CN(C)CCNC(=O)C1(c2cccs2)CC1. The molecule has 16 heavy (non-hydrogen) atoms. The first kappa shape index (κ1) is 11.6. The van der Waals surface area contributed by atoms with Gasteiger partial charge in [0.1, 0.15) is 0 Å². The molecule has 0 aliphatic heterocycles. The maximum Gasteiger partial charge on any atom is 0.231 e. The molecule has 1 amide bonds. The molecule has 0 aromatic carbocycles. The molecule has 0 bridgehead atoms. The van der Waals surface area contributed by atoms with Crippen LogP contribution in [0.2, 0.25) is 0 Å². The lowest BCUT2D eigenvalue weighted by molar-refractivity contribution is -0.123. The second-order valence-electron chi connectivity index (χ2n) is 4.62. The molecule has 4 heteroatoms. The van der Waals surface area contributed by atoms with E-state index in [1.165, 1.54) is 4.88 Å². The summed E-state index contributed by atoms with van der Waals surface area (Å²) in [5, 5.41) is 5.08. The third-order valence-electron chi connectivity index (χ3n) is 3.02. The van der Waals surface area contributed by atoms with E-state index in [0.717, 1.165) is 25.9 Å². The van der Waals surface area contributed by atoms with E-state index in [4.69, 9.17) is 0 Å². The number of carbonyl (C=O) groups excluding carboxylic acids is 1. The van der Waals surface area contributed by atoms with Crippen molar-refractivity contribution >= 4 is 17.2 Å². The summed E-state index contributed by atoms with van der Waals surface area (Å²) in [5.74, 6) is 0.205. The molecule has 0 unspecified atom stereocenters. The molecular formula is C12H18N2OS. The van der Waals surface area contributed by atoms with Crippen LogP contribution in [0.1, 0.15) is 17.7 Å². The Morgan fingerprint density at radius 3 is 2.81 bits per heavy atom. The summed E-state index contributed by atoms with van der Waals surface area (Å²) in [6, 6.07) is 4.09. The molecule has 0 spiro atoms. The van der Waals surface area contributed by atoms with Crippen molar-refractivity contribution in [2.75, 3.05) is 27.2 Å². The standard InChI is InChI=1S/C12H18N2OS/c1-14(2)8-7-13-11(15)12(5-6-12)10-4-3-9-16-10/h3-4,9H,5-8H2,1-2H3,(H,13,15). The molecule has 88 valence electrons. The summed E-state index contributed by atoms with van der Waals surface area (Å²) in [5.41, 5.74) is -0.180. The molecule has 2 rings (SSSR count). The molecule has 1 saturated carbocycles. The van der Waals surface area contributed by atoms with E-state index in [2.05, 4.69) is 16.3 Å². The summed E-state index contributed by atoms with van der Waals surface area (Å²) in [6.07, 6.45) is 2.00. The van der Waals surface area contributed by atoms with Crippen molar-refractivity contribution in [2.24, 2.45) is 0 Å². The van der Waals surface area contributed by atoms with Crippen LogP contribution in [0.15, 0.2) is 17.5 Å². The number of nitrogens with one attached hydrogen (secondary N) is 1. The quantitative estimate of drug-likeness (QED) is 0.842. The van der Waals surface area contributed by atoms with E-state index in [9.17, 15) is 4.79 Å². The van der Waals surface area contributed by atoms with Crippen LogP contribution >= 0.6 is 11.3 Å². The predicted molar refractivity (Wildman–Crippen MR) is 66.8 cm³/mol. The van der Waals surface area contributed by atoms with Gasteiger partial charge in [-0.05, 0) is 38.4 Å². The Morgan fingerprint density at radius 1 is 1.56 bits per heavy atom. The van der Waals surface area contributed by atoms with E-state index in [-0.39, 0.29) is 11.3 Å². The smallest absolute Gasteiger partial charge is 0.231 e. The van der Waals surface area contributed by atoms with Gasteiger partial charge in [-0.2, -0.15) is 0 Å². The summed E-state index contributed by atoms with van der Waals surface area (Å²) < 4.78 is 0. The lowest BCUT2D eigenvalue weighted by Gasteiger charge is -2.15. The van der Waals surface area contributed by atoms with E-state index in [1.807, 2.05) is 25.5 Å². The highest BCUT2D eigenvalue weighted by Crippen LogP contribution is 2.50. The third kappa shape index (κ3) is 2.28. The van der Waals surface area contributed by atoms with Crippen LogP contribution in [0.4, 0.5) is 0 Å². The number of rotatable bonds is 5. The van der Waals surface area contributed by atoms with Gasteiger partial charge in [-0.3, -0.25) is 4.79 Å². The highest BCUT2D eigenvalue weighted by atomic mass is 32.1. The molecular weight excluding hydrogens is 220 g/mol. The minimum absolute atomic E-state index is 0.180. The van der Waals surface area contributed by atoms with Crippen molar-refractivity contribution in [1.82, 2.24) is 10.2 Å². The van der Waals surface area contributed by atoms with Crippen molar-refractivity contribution in [3.05, 3.63) is 22.4 Å². The van der Waals surface area contributed by atoms with Crippen molar-refractivity contribution in [3.8, 4) is 0 Å². The molecule has 1 aromatic rings. The van der Waals surface area contributed by atoms with Crippen LogP contribution in [0.5, 0.6) is 0 Å². The van der Waals surface area contributed by atoms with Crippen LogP contribution in [0.25, 0.3) is 0 Å². The Balaban J connectivity index is 1.90. The average molecular weight is 238 g/mol. The van der Waals surface area contributed by atoms with Crippen molar-refractivity contribution in [3.63, 3.8) is 0 Å². The number of hydrogen-bond acceptors (Lipinski definition) is 3. The lowest BCUT2D eigenvalue weighted by atomic mass is 10.0. The molecule has 0 radical (unpaired) electrons. The second kappa shape index (κ2) is 4.55. The van der Waals surface area contributed by atoms with Gasteiger partial charge in [-0.15, -0.1) is 11.3 Å². The number of amides is 1. The number of likely N-dealkylation sites (N-methyl/N-ethyl adjacent to an activating group) is 1. The van der Waals surface area contributed by atoms with Gasteiger partial charge >= 0.3 is 0 Å². The molecule has 0 saturated heterocycles. The molecule has 1 aliphatic rings. The number of nitrogens with zero attached hydrogens (tertiary/aromatic N) is 1. The van der Waals surface area contributed by atoms with E-state index in [0.29, 0.717) is 0 Å². The largest absolute Gasteiger partial charge is 0.354 e. The van der Waals surface area contributed by atoms with Gasteiger partial charge in [0.15, 0.2) is 0 Å². The maximum atomic E-state index is 12.1. The first-order chi connectivity index (χ1) is 7.65. The highest BCUT2D eigenvalue weighted by molar-refractivity contribution is 7.10. The Bertz CT molecular complexity index is 355. The van der Waals surface area contributed by atoms with Crippen LogP contribution in [-0.2, 0) is 10.2 Å². The van der Waals surface area contributed by atoms with Crippen LogP contribution in [0, 0.1) is 0 Å². The summed E-state index contributed by atoms with van der Waals surface area (Å²) in [4.78, 5) is 15.4. The van der Waals surface area contributed by atoms with Crippen LogP contribution in [0.3, 0.4) is 0 Å². The fourth-order valence-electron chi connectivity index (χ4n) is 1.82. The molecule has 1 fully saturated rings. The average Bonchev–Trinajstić information content (AvgIpc) is 2.86. The van der Waals surface area contributed by atoms with Crippen LogP contribution in [-0.4, -0.2) is 38.0 Å². The van der Waals surface area contributed by atoms with Gasteiger partial charge < -0.3 is 10.2 Å². The first-order valence-electron chi connectivity index (χ1n) is 5.62. The Kier molecular flexibility index (Phi) is 3.30. The molecule has 1 aromatic heterocycles. The minimum atomic E-state index is -0.180. The van der Waals surface area contributed by atoms with Gasteiger partial charge in [0, 0.05) is 18.0 Å². The summed E-state index contributed by atoms with van der Waals surface area (Å²) in [6.45, 7) is 1.63. The normalized spacial score (nSPS) is 17.4. The zero-order chi connectivity index (χ0) is 11.6. The summed E-state index contributed by atoms with van der Waals surface area (Å²) >= 11 is 1.69. The number of carbonyl (C=O) groups is 1. The lowest BCUT2D eigenvalue weighted by Crippen LogP contribution is -2.38. The topological polar surface area (TPSA) is 32.3 Å². The molecule has 0 atom stereocenters. The zero-order valence-electron chi connectivity index (χ0n) is 9.82. The number of hydrogen-bond donors (Lipinski definition) is 1. The first-order valence-corrected chi connectivity index (χ1v) is 6.50. The van der Waals surface area contributed by atoms with Gasteiger partial charge in [-0.25, -0.2) is 0 Å². The Hall–Kier alpha value is -0.870. The predicted octanol–water partition coefficient (Wildman–Crippen LogP) is 1.46. The van der Waals surface area contributed by atoms with Gasteiger partial charge in [-0.1, -0.05) is 6.07 Å². The maximum absolute atomic E-state index is 12.1. The van der Waals surface area contributed by atoms with E-state index in [1.54, 1.807) is 11.3 Å². The van der Waals surface area contributed by atoms with Gasteiger partial charge in [0.2, 0.25) is 5.91 Å². The second-order valence-corrected chi connectivity index (χ2v) is 5.57. The Morgan fingerprint density at radius 2 is 2.31 bits per heavy atom. The van der Waals surface area contributed by atoms with E-state index < -0.39 is 0 Å². The summed E-state index contributed by atoms with van der Waals surface area (Å²) in [7, 11) is 4.02. The van der Waals surface area contributed by atoms with Gasteiger partial charge in [0.05, 0.1) is 5.41 Å². The molecule has 1 aliphatic carbocycles. The highest BCUT2D eigenvalue weighted by Gasteiger charge is 2.51. The van der Waals surface area contributed by atoms with Crippen molar-refractivity contribution in [1.29, 1.82) is 0 Å². The fourth-order valence-corrected chi connectivity index (χ4v) is 2.81. The number of thiophene rings is 1. The minimum Gasteiger partial charge on any atom is -0.354 e.